The number of amides is 1. The summed E-state index contributed by atoms with van der Waals surface area (Å²) in [5.74, 6) is -0.463. The molecule has 5 heteroatoms. The van der Waals surface area contributed by atoms with E-state index in [1.54, 1.807) is 36.4 Å². The molecule has 1 amide bonds. The number of nitrogens with zero attached hydrogens (tertiary/aromatic N) is 1. The first-order valence-electron chi connectivity index (χ1n) is 6.71. The molecule has 5 nitrogen and oxygen atoms in total. The van der Waals surface area contributed by atoms with Gasteiger partial charge in [-0.25, -0.2) is 0 Å². The Labute approximate surface area is 127 Å². The minimum atomic E-state index is -0.265. The SMILES string of the molecule is O=C(Nc1ccccc1)c1cccc(-n2c(O)ccc2O)c1. The van der Waals surface area contributed by atoms with Gasteiger partial charge in [-0.15, -0.1) is 0 Å². The van der Waals surface area contributed by atoms with Gasteiger partial charge in [0.25, 0.3) is 5.91 Å². The summed E-state index contributed by atoms with van der Waals surface area (Å²) in [7, 11) is 0. The minimum Gasteiger partial charge on any atom is -0.494 e. The maximum Gasteiger partial charge on any atom is 0.255 e. The summed E-state index contributed by atoms with van der Waals surface area (Å²) in [6, 6.07) is 18.5. The number of rotatable bonds is 3. The Hall–Kier alpha value is -3.21. The van der Waals surface area contributed by atoms with E-state index in [9.17, 15) is 15.0 Å². The molecule has 0 saturated carbocycles. The zero-order valence-corrected chi connectivity index (χ0v) is 11.6. The number of carbonyl (C=O) groups excluding carboxylic acids is 1. The second-order valence-electron chi connectivity index (χ2n) is 4.76. The molecule has 0 aliphatic rings. The summed E-state index contributed by atoms with van der Waals surface area (Å²) >= 11 is 0. The molecule has 110 valence electrons. The third kappa shape index (κ3) is 2.64. The van der Waals surface area contributed by atoms with E-state index in [1.165, 1.54) is 16.7 Å². The Morgan fingerprint density at radius 1 is 0.864 bits per heavy atom. The van der Waals surface area contributed by atoms with Crippen LogP contribution in [0.2, 0.25) is 0 Å². The van der Waals surface area contributed by atoms with Crippen LogP contribution in [0, 0.1) is 0 Å². The highest BCUT2D eigenvalue weighted by atomic mass is 16.3. The lowest BCUT2D eigenvalue weighted by Crippen LogP contribution is -2.12. The van der Waals surface area contributed by atoms with Crippen molar-refractivity contribution in [3.63, 3.8) is 0 Å². The highest BCUT2D eigenvalue weighted by Gasteiger charge is 2.11. The summed E-state index contributed by atoms with van der Waals surface area (Å²) < 4.78 is 1.25. The molecule has 0 bridgehead atoms. The lowest BCUT2D eigenvalue weighted by Gasteiger charge is -2.09. The average Bonchev–Trinajstić information content (AvgIpc) is 2.87. The van der Waals surface area contributed by atoms with Gasteiger partial charge in [0.2, 0.25) is 0 Å². The number of nitrogens with one attached hydrogen (secondary N) is 1. The summed E-state index contributed by atoms with van der Waals surface area (Å²) in [6.45, 7) is 0. The first-order valence-corrected chi connectivity index (χ1v) is 6.71. The number of benzene rings is 2. The van der Waals surface area contributed by atoms with Crippen LogP contribution in [0.5, 0.6) is 11.8 Å². The van der Waals surface area contributed by atoms with E-state index in [0.29, 0.717) is 16.9 Å². The van der Waals surface area contributed by atoms with E-state index in [-0.39, 0.29) is 17.7 Å². The van der Waals surface area contributed by atoms with Crippen LogP contribution in [0.3, 0.4) is 0 Å². The van der Waals surface area contributed by atoms with Gasteiger partial charge >= 0.3 is 0 Å². The lowest BCUT2D eigenvalue weighted by atomic mass is 10.2. The van der Waals surface area contributed by atoms with Gasteiger partial charge in [0, 0.05) is 23.4 Å². The van der Waals surface area contributed by atoms with Crippen molar-refractivity contribution in [1.82, 2.24) is 4.57 Å². The molecule has 0 spiro atoms. The molecular formula is C17H14N2O3. The van der Waals surface area contributed by atoms with Crippen LogP contribution in [0.25, 0.3) is 5.69 Å². The van der Waals surface area contributed by atoms with Gasteiger partial charge in [-0.05, 0) is 30.3 Å². The maximum atomic E-state index is 12.3. The molecule has 0 atom stereocenters. The van der Waals surface area contributed by atoms with E-state index >= 15 is 0 Å². The Balaban J connectivity index is 1.90. The fourth-order valence-corrected chi connectivity index (χ4v) is 2.19. The molecule has 0 unspecified atom stereocenters. The monoisotopic (exact) mass is 294 g/mol. The Morgan fingerprint density at radius 3 is 2.23 bits per heavy atom. The zero-order chi connectivity index (χ0) is 15.5. The molecule has 0 aliphatic carbocycles. The first-order chi connectivity index (χ1) is 10.6. The Kier molecular flexibility index (Phi) is 3.53. The van der Waals surface area contributed by atoms with Crippen LogP contribution < -0.4 is 5.32 Å². The lowest BCUT2D eigenvalue weighted by molar-refractivity contribution is 0.102. The predicted molar refractivity (Wildman–Crippen MR) is 83.5 cm³/mol. The highest BCUT2D eigenvalue weighted by molar-refractivity contribution is 6.04. The fourth-order valence-electron chi connectivity index (χ4n) is 2.19. The van der Waals surface area contributed by atoms with Gasteiger partial charge < -0.3 is 15.5 Å². The molecule has 0 saturated heterocycles. The number of carbonyl (C=O) groups is 1. The van der Waals surface area contributed by atoms with Gasteiger partial charge in [-0.3, -0.25) is 9.36 Å². The number of aromatic hydroxyl groups is 2. The van der Waals surface area contributed by atoms with Crippen LogP contribution in [-0.2, 0) is 0 Å². The third-order valence-corrected chi connectivity index (χ3v) is 3.24. The second kappa shape index (κ2) is 5.65. The summed E-state index contributed by atoms with van der Waals surface area (Å²) in [6.07, 6.45) is 0. The molecule has 0 fully saturated rings. The minimum absolute atomic E-state index is 0.0990. The van der Waals surface area contributed by atoms with Crippen molar-refractivity contribution in [3.05, 3.63) is 72.3 Å². The van der Waals surface area contributed by atoms with Crippen molar-refractivity contribution in [2.45, 2.75) is 0 Å². The topological polar surface area (TPSA) is 74.5 Å². The maximum absolute atomic E-state index is 12.3. The van der Waals surface area contributed by atoms with E-state index in [2.05, 4.69) is 5.32 Å². The van der Waals surface area contributed by atoms with Crippen molar-refractivity contribution in [1.29, 1.82) is 0 Å². The zero-order valence-electron chi connectivity index (χ0n) is 11.6. The van der Waals surface area contributed by atoms with Crippen molar-refractivity contribution in [2.24, 2.45) is 0 Å². The molecule has 3 rings (SSSR count). The first kappa shape index (κ1) is 13.8. The summed E-state index contributed by atoms with van der Waals surface area (Å²) in [5.41, 5.74) is 1.62. The molecule has 2 aromatic carbocycles. The highest BCUT2D eigenvalue weighted by Crippen LogP contribution is 2.27. The third-order valence-electron chi connectivity index (χ3n) is 3.24. The molecule has 1 heterocycles. The molecule has 0 radical (unpaired) electrons. The van der Waals surface area contributed by atoms with Crippen LogP contribution in [0.1, 0.15) is 10.4 Å². The summed E-state index contributed by atoms with van der Waals surface area (Å²) in [5, 5.41) is 22.3. The Bertz CT molecular complexity index is 790. The van der Waals surface area contributed by atoms with E-state index < -0.39 is 0 Å². The van der Waals surface area contributed by atoms with Crippen LogP contribution in [-0.4, -0.2) is 20.7 Å². The van der Waals surface area contributed by atoms with Crippen molar-refractivity contribution < 1.29 is 15.0 Å². The van der Waals surface area contributed by atoms with Crippen molar-refractivity contribution >= 4 is 11.6 Å². The predicted octanol–water partition coefficient (Wildman–Crippen LogP) is 3.14. The molecule has 22 heavy (non-hydrogen) atoms. The quantitative estimate of drug-likeness (QED) is 0.694. The van der Waals surface area contributed by atoms with E-state index in [1.807, 2.05) is 18.2 Å². The largest absolute Gasteiger partial charge is 0.494 e. The number of anilines is 1. The van der Waals surface area contributed by atoms with Gasteiger partial charge in [0.05, 0.1) is 5.69 Å². The van der Waals surface area contributed by atoms with Gasteiger partial charge in [0.1, 0.15) is 0 Å². The standard InChI is InChI=1S/C17H14N2O3/c20-15-9-10-16(21)19(15)14-8-4-5-12(11-14)17(22)18-13-6-2-1-3-7-13/h1-11,20-21H,(H,18,22). The number of hydrogen-bond acceptors (Lipinski definition) is 3. The van der Waals surface area contributed by atoms with Gasteiger partial charge in [0.15, 0.2) is 11.8 Å². The summed E-state index contributed by atoms with van der Waals surface area (Å²) in [4.78, 5) is 12.3. The average molecular weight is 294 g/mol. The number of aromatic nitrogens is 1. The van der Waals surface area contributed by atoms with Gasteiger partial charge in [-0.2, -0.15) is 0 Å². The molecule has 3 N–H and O–H groups in total. The number of para-hydroxylation sites is 1. The number of hydrogen-bond donors (Lipinski definition) is 3. The van der Waals surface area contributed by atoms with Crippen molar-refractivity contribution in [2.75, 3.05) is 5.32 Å². The fraction of sp³-hybridized carbons (Fsp3) is 0. The van der Waals surface area contributed by atoms with Crippen molar-refractivity contribution in [3.8, 4) is 17.4 Å². The normalized spacial score (nSPS) is 10.4. The molecule has 1 aromatic heterocycles. The Morgan fingerprint density at radius 2 is 1.55 bits per heavy atom. The molecule has 3 aromatic rings. The van der Waals surface area contributed by atoms with Crippen LogP contribution >= 0.6 is 0 Å². The van der Waals surface area contributed by atoms with E-state index in [4.69, 9.17) is 0 Å². The van der Waals surface area contributed by atoms with Crippen LogP contribution in [0.4, 0.5) is 5.69 Å². The van der Waals surface area contributed by atoms with Gasteiger partial charge in [-0.1, -0.05) is 24.3 Å². The molecule has 0 aliphatic heterocycles. The second-order valence-corrected chi connectivity index (χ2v) is 4.76. The van der Waals surface area contributed by atoms with Crippen LogP contribution in [0.15, 0.2) is 66.7 Å². The molecular weight excluding hydrogens is 280 g/mol. The van der Waals surface area contributed by atoms with E-state index in [0.717, 1.165) is 0 Å². The smallest absolute Gasteiger partial charge is 0.255 e.